The van der Waals surface area contributed by atoms with E-state index in [0.717, 1.165) is 36.8 Å². The average Bonchev–Trinajstić information content (AvgIpc) is 3.35. The molecule has 35 heavy (non-hydrogen) atoms. The van der Waals surface area contributed by atoms with Crippen LogP contribution in [0.4, 0.5) is 10.5 Å². The lowest BCUT2D eigenvalue weighted by Crippen LogP contribution is -2.55. The zero-order valence-electron chi connectivity index (χ0n) is 21.2. The number of nitrogens with two attached hydrogens (primary N) is 1. The topological polar surface area (TPSA) is 127 Å². The van der Waals surface area contributed by atoms with Crippen LogP contribution >= 0.6 is 0 Å². The van der Waals surface area contributed by atoms with E-state index in [1.54, 1.807) is 58.6 Å². The summed E-state index contributed by atoms with van der Waals surface area (Å²) in [5, 5.41) is 13.9. The van der Waals surface area contributed by atoms with Gasteiger partial charge in [-0.25, -0.2) is 9.28 Å². The van der Waals surface area contributed by atoms with E-state index < -0.39 is 0 Å². The Balaban J connectivity index is 1.87. The molecule has 9 nitrogen and oxygen atoms in total. The summed E-state index contributed by atoms with van der Waals surface area (Å²) in [6.45, 7) is 2.04. The molecule has 1 saturated carbocycles. The van der Waals surface area contributed by atoms with Crippen molar-refractivity contribution in [1.29, 1.82) is 5.41 Å². The van der Waals surface area contributed by atoms with Gasteiger partial charge in [-0.1, -0.05) is 25.0 Å². The Bertz CT molecular complexity index is 1100. The summed E-state index contributed by atoms with van der Waals surface area (Å²) in [7, 11) is 6.68. The minimum atomic E-state index is -0.302. The van der Waals surface area contributed by atoms with E-state index in [4.69, 9.17) is 20.6 Å². The number of nitrogen functional groups attached to an aromatic ring is 1. The van der Waals surface area contributed by atoms with Gasteiger partial charge in [0.25, 0.3) is 5.91 Å². The van der Waals surface area contributed by atoms with Gasteiger partial charge in [0.05, 0.1) is 28.3 Å². The smallest absolute Gasteiger partial charge is 0.421 e. The highest BCUT2D eigenvalue weighted by Gasteiger charge is 2.34. The fourth-order valence-corrected chi connectivity index (χ4v) is 4.41. The number of carbonyl (C=O) groups excluding carboxylic acids is 2. The molecule has 0 aromatic heterocycles. The molecule has 0 aliphatic heterocycles. The lowest BCUT2D eigenvalue weighted by Gasteiger charge is -2.30. The molecule has 0 saturated heterocycles. The Morgan fingerprint density at radius 3 is 2.20 bits per heavy atom. The number of nitrogens with one attached hydrogen (secondary N) is 3. The number of ether oxygens (including phenoxy) is 2. The van der Waals surface area contributed by atoms with Crippen molar-refractivity contribution in [2.45, 2.75) is 45.2 Å². The predicted molar refractivity (Wildman–Crippen MR) is 137 cm³/mol. The molecule has 3 rings (SSSR count). The Morgan fingerprint density at radius 1 is 1.06 bits per heavy atom. The van der Waals surface area contributed by atoms with Crippen LogP contribution in [-0.4, -0.2) is 52.1 Å². The van der Waals surface area contributed by atoms with Crippen LogP contribution in [0.1, 0.15) is 52.7 Å². The standard InChI is InChI=1S/C26H35N5O4/c1-16-22(34-4)13-19(14-23(16)35-5)25(32)29-15-18-11-10-17(24(27)28)12-21(18)31(2,3)26(33)30-20-8-6-7-9-20/h10-14,20H,6-9,15H2,1-5H3,(H4-,27,28,29,30,32,33)/p+1. The molecular weight excluding hydrogens is 446 g/mol. The number of carbonyl (C=O) groups is 2. The van der Waals surface area contributed by atoms with Crippen molar-refractivity contribution in [3.8, 4) is 11.5 Å². The van der Waals surface area contributed by atoms with Crippen molar-refractivity contribution in [1.82, 2.24) is 15.1 Å². The highest BCUT2D eigenvalue weighted by molar-refractivity contribution is 5.98. The van der Waals surface area contributed by atoms with Gasteiger partial charge in [0, 0.05) is 40.9 Å². The summed E-state index contributed by atoms with van der Waals surface area (Å²) in [5.74, 6) is 0.727. The van der Waals surface area contributed by atoms with Gasteiger partial charge in [0.15, 0.2) is 0 Å². The number of hydrogen-bond donors (Lipinski definition) is 4. The Labute approximate surface area is 206 Å². The molecule has 188 valence electrons. The maximum atomic E-state index is 13.2. The van der Waals surface area contributed by atoms with Crippen LogP contribution < -0.4 is 30.3 Å². The zero-order valence-corrected chi connectivity index (χ0v) is 21.2. The number of nitrogens with zero attached hydrogens (tertiary/aromatic N) is 1. The number of hydrogen-bond acceptors (Lipinski definition) is 5. The largest absolute Gasteiger partial charge is 0.496 e. The Kier molecular flexibility index (Phi) is 8.01. The number of methoxy groups -OCH3 is 2. The van der Waals surface area contributed by atoms with E-state index in [2.05, 4.69) is 10.6 Å². The maximum Gasteiger partial charge on any atom is 0.421 e. The van der Waals surface area contributed by atoms with E-state index in [-0.39, 0.29) is 34.8 Å². The normalized spacial score (nSPS) is 13.9. The average molecular weight is 483 g/mol. The third-order valence-corrected chi connectivity index (χ3v) is 6.64. The monoisotopic (exact) mass is 482 g/mol. The molecule has 0 heterocycles. The van der Waals surface area contributed by atoms with Gasteiger partial charge >= 0.3 is 6.03 Å². The third-order valence-electron chi connectivity index (χ3n) is 6.64. The SMILES string of the molecule is COc1cc(C(=O)NCc2ccc(C(=N)N)cc2[N+](C)(C)C(=O)NC2CCCC2)cc(OC)c1C. The van der Waals surface area contributed by atoms with E-state index in [0.29, 0.717) is 28.3 Å². The van der Waals surface area contributed by atoms with Gasteiger partial charge in [-0.2, -0.15) is 0 Å². The second-order valence-corrected chi connectivity index (χ2v) is 9.33. The first kappa shape index (κ1) is 26.0. The van der Waals surface area contributed by atoms with Gasteiger partial charge < -0.3 is 25.8 Å². The third kappa shape index (κ3) is 5.74. The molecule has 1 fully saturated rings. The van der Waals surface area contributed by atoms with Crippen molar-refractivity contribution < 1.29 is 19.1 Å². The summed E-state index contributed by atoms with van der Waals surface area (Å²) in [4.78, 5) is 26.3. The molecule has 0 radical (unpaired) electrons. The molecule has 9 heteroatoms. The predicted octanol–water partition coefficient (Wildman–Crippen LogP) is 3.45. The second-order valence-electron chi connectivity index (χ2n) is 9.33. The first-order valence-electron chi connectivity index (χ1n) is 11.7. The highest BCUT2D eigenvalue weighted by Crippen LogP contribution is 2.30. The van der Waals surface area contributed by atoms with E-state index >= 15 is 0 Å². The van der Waals surface area contributed by atoms with Crippen LogP contribution in [0.25, 0.3) is 0 Å². The molecule has 0 bridgehead atoms. The number of amidine groups is 1. The van der Waals surface area contributed by atoms with Crippen LogP contribution in [0.15, 0.2) is 30.3 Å². The maximum absolute atomic E-state index is 13.2. The number of rotatable bonds is 8. The fourth-order valence-electron chi connectivity index (χ4n) is 4.41. The van der Waals surface area contributed by atoms with Crippen LogP contribution in [0.2, 0.25) is 0 Å². The van der Waals surface area contributed by atoms with Crippen LogP contribution in [0, 0.1) is 12.3 Å². The van der Waals surface area contributed by atoms with Crippen LogP contribution in [-0.2, 0) is 6.54 Å². The van der Waals surface area contributed by atoms with Gasteiger partial charge in [0.2, 0.25) is 0 Å². The number of amides is 3. The summed E-state index contributed by atoms with van der Waals surface area (Å²) in [6.07, 6.45) is 4.19. The Morgan fingerprint density at radius 2 is 1.66 bits per heavy atom. The minimum absolute atomic E-state index is 0.0862. The molecule has 0 atom stereocenters. The summed E-state index contributed by atoms with van der Waals surface area (Å²) in [5.41, 5.74) is 8.87. The van der Waals surface area contributed by atoms with Crippen molar-refractivity contribution in [3.05, 3.63) is 52.6 Å². The molecule has 0 unspecified atom stereocenters. The lowest BCUT2D eigenvalue weighted by molar-refractivity contribution is 0.0950. The van der Waals surface area contributed by atoms with Crippen molar-refractivity contribution in [3.63, 3.8) is 0 Å². The van der Waals surface area contributed by atoms with E-state index in [1.165, 1.54) is 0 Å². The van der Waals surface area contributed by atoms with Gasteiger partial charge in [-0.3, -0.25) is 10.2 Å². The molecule has 1 aliphatic carbocycles. The molecule has 3 amide bonds. The second kappa shape index (κ2) is 10.8. The highest BCUT2D eigenvalue weighted by atomic mass is 16.5. The quantitative estimate of drug-likeness (QED) is 0.260. The lowest BCUT2D eigenvalue weighted by atomic mass is 10.1. The van der Waals surface area contributed by atoms with Gasteiger partial charge in [-0.05, 0) is 31.9 Å². The number of quaternary nitrogens is 1. The minimum Gasteiger partial charge on any atom is -0.496 e. The van der Waals surface area contributed by atoms with Crippen molar-refractivity contribution in [2.75, 3.05) is 28.3 Å². The first-order valence-corrected chi connectivity index (χ1v) is 11.7. The van der Waals surface area contributed by atoms with Crippen molar-refractivity contribution in [2.24, 2.45) is 5.73 Å². The molecule has 2 aromatic carbocycles. The Hall–Kier alpha value is -3.59. The summed E-state index contributed by atoms with van der Waals surface area (Å²) >= 11 is 0. The molecular formula is C26H36N5O4+. The fraction of sp³-hybridized carbons (Fsp3) is 0.423. The molecule has 1 aliphatic rings. The van der Waals surface area contributed by atoms with Crippen LogP contribution in [0.5, 0.6) is 11.5 Å². The van der Waals surface area contributed by atoms with Gasteiger partial charge in [0.1, 0.15) is 23.0 Å². The number of benzene rings is 2. The summed E-state index contributed by atoms with van der Waals surface area (Å²) in [6, 6.07) is 8.63. The van der Waals surface area contributed by atoms with Crippen molar-refractivity contribution >= 4 is 23.5 Å². The molecule has 2 aromatic rings. The van der Waals surface area contributed by atoms with Crippen LogP contribution in [0.3, 0.4) is 0 Å². The zero-order chi connectivity index (χ0) is 25.8. The van der Waals surface area contributed by atoms with E-state index in [1.807, 2.05) is 6.92 Å². The van der Waals surface area contributed by atoms with Gasteiger partial charge in [-0.15, -0.1) is 0 Å². The van der Waals surface area contributed by atoms with E-state index in [9.17, 15) is 9.59 Å². The first-order chi connectivity index (χ1) is 16.6. The molecule has 5 N–H and O–H groups in total. The molecule has 0 spiro atoms. The number of urea groups is 1. The summed E-state index contributed by atoms with van der Waals surface area (Å²) < 4.78 is 10.7.